The largest absolute Gasteiger partial charge is 0.386 e. The van der Waals surface area contributed by atoms with Crippen molar-refractivity contribution in [2.24, 2.45) is 0 Å². The van der Waals surface area contributed by atoms with E-state index in [9.17, 15) is 0 Å². The molecule has 0 aliphatic rings. The van der Waals surface area contributed by atoms with Crippen LogP contribution in [0.4, 0.5) is 11.4 Å². The Morgan fingerprint density at radius 3 is 2.50 bits per heavy atom. The lowest BCUT2D eigenvalue weighted by Crippen LogP contribution is -2.05. The highest BCUT2D eigenvalue weighted by Crippen LogP contribution is 2.19. The smallest absolute Gasteiger partial charge is 0.116 e. The van der Waals surface area contributed by atoms with Gasteiger partial charge in [-0.25, -0.2) is 0 Å². The monoisotopic (exact) mass is 166 g/mol. The molecule has 2 N–H and O–H groups in total. The molecule has 0 aromatic heterocycles. The van der Waals surface area contributed by atoms with Crippen LogP contribution >= 0.6 is 0 Å². The van der Waals surface area contributed by atoms with Crippen molar-refractivity contribution >= 4 is 11.4 Å². The molecule has 1 aromatic carbocycles. The zero-order chi connectivity index (χ0) is 8.81. The standard InChI is InChI=1S/C9H14N2O/c1-10-8-5-3-4-6-9(8)11-7-12-2/h3-6,10-11H,7H2,1-2H3. The fraction of sp³-hybridized carbons (Fsp3) is 0.333. The first-order valence-electron chi connectivity index (χ1n) is 3.88. The molecule has 3 nitrogen and oxygen atoms in total. The Balaban J connectivity index is 2.68. The van der Waals surface area contributed by atoms with Gasteiger partial charge in [-0.1, -0.05) is 12.1 Å². The van der Waals surface area contributed by atoms with Crippen LogP contribution in [0, 0.1) is 0 Å². The molecular formula is C9H14N2O. The third-order valence-corrected chi connectivity index (χ3v) is 1.60. The molecule has 0 unspecified atom stereocenters. The van der Waals surface area contributed by atoms with Crippen molar-refractivity contribution < 1.29 is 4.74 Å². The average molecular weight is 166 g/mol. The minimum absolute atomic E-state index is 0.526. The molecule has 0 aliphatic carbocycles. The topological polar surface area (TPSA) is 33.3 Å². The molecule has 0 radical (unpaired) electrons. The molecule has 1 rings (SSSR count). The van der Waals surface area contributed by atoms with Crippen molar-refractivity contribution in [3.05, 3.63) is 24.3 Å². The number of methoxy groups -OCH3 is 1. The molecule has 0 heterocycles. The minimum Gasteiger partial charge on any atom is -0.386 e. The second-order valence-corrected chi connectivity index (χ2v) is 2.41. The van der Waals surface area contributed by atoms with Gasteiger partial charge in [-0.05, 0) is 12.1 Å². The molecular weight excluding hydrogens is 152 g/mol. The van der Waals surface area contributed by atoms with Gasteiger partial charge in [0.2, 0.25) is 0 Å². The fourth-order valence-electron chi connectivity index (χ4n) is 1.01. The number of ether oxygens (including phenoxy) is 1. The Hall–Kier alpha value is -1.22. The molecule has 0 bridgehead atoms. The van der Waals surface area contributed by atoms with Crippen LogP contribution in [-0.2, 0) is 4.74 Å². The molecule has 0 saturated heterocycles. The Labute approximate surface area is 72.7 Å². The van der Waals surface area contributed by atoms with E-state index in [1.165, 1.54) is 0 Å². The summed E-state index contributed by atoms with van der Waals surface area (Å²) in [7, 11) is 3.56. The van der Waals surface area contributed by atoms with Crippen LogP contribution in [-0.4, -0.2) is 20.9 Å². The van der Waals surface area contributed by atoms with Crippen LogP contribution < -0.4 is 10.6 Å². The second-order valence-electron chi connectivity index (χ2n) is 2.41. The van der Waals surface area contributed by atoms with Crippen molar-refractivity contribution in [2.45, 2.75) is 0 Å². The van der Waals surface area contributed by atoms with Crippen LogP contribution in [0.1, 0.15) is 0 Å². The summed E-state index contributed by atoms with van der Waals surface area (Å²) in [6, 6.07) is 7.99. The van der Waals surface area contributed by atoms with Crippen LogP contribution in [0.3, 0.4) is 0 Å². The van der Waals surface area contributed by atoms with E-state index in [2.05, 4.69) is 10.6 Å². The third-order valence-electron chi connectivity index (χ3n) is 1.60. The molecule has 0 spiro atoms. The molecule has 0 aliphatic heterocycles. The lowest BCUT2D eigenvalue weighted by atomic mass is 10.2. The van der Waals surface area contributed by atoms with E-state index in [4.69, 9.17) is 4.74 Å². The first kappa shape index (κ1) is 8.87. The van der Waals surface area contributed by atoms with E-state index < -0.39 is 0 Å². The SMILES string of the molecule is CNc1ccccc1NCOC. The zero-order valence-electron chi connectivity index (χ0n) is 7.42. The first-order chi connectivity index (χ1) is 5.88. The van der Waals surface area contributed by atoms with Crippen molar-refractivity contribution in [3.8, 4) is 0 Å². The molecule has 1 aromatic rings. The first-order valence-corrected chi connectivity index (χ1v) is 3.88. The van der Waals surface area contributed by atoms with E-state index in [-0.39, 0.29) is 0 Å². The summed E-state index contributed by atoms with van der Waals surface area (Å²) in [5, 5.41) is 6.22. The van der Waals surface area contributed by atoms with Gasteiger partial charge in [0.15, 0.2) is 0 Å². The maximum atomic E-state index is 4.91. The van der Waals surface area contributed by atoms with Gasteiger partial charge in [0.1, 0.15) is 6.73 Å². The van der Waals surface area contributed by atoms with Crippen molar-refractivity contribution in [3.63, 3.8) is 0 Å². The van der Waals surface area contributed by atoms with E-state index in [0.717, 1.165) is 11.4 Å². The Kier molecular flexibility index (Phi) is 3.41. The van der Waals surface area contributed by atoms with Crippen LogP contribution in [0.15, 0.2) is 24.3 Å². The number of hydrogen-bond acceptors (Lipinski definition) is 3. The van der Waals surface area contributed by atoms with Crippen LogP contribution in [0.2, 0.25) is 0 Å². The van der Waals surface area contributed by atoms with Gasteiger partial charge in [-0.3, -0.25) is 0 Å². The predicted molar refractivity (Wildman–Crippen MR) is 51.5 cm³/mol. The Morgan fingerprint density at radius 2 is 1.92 bits per heavy atom. The maximum absolute atomic E-state index is 4.91. The average Bonchev–Trinajstić information content (AvgIpc) is 2.15. The number of nitrogens with one attached hydrogen (secondary N) is 2. The highest BCUT2D eigenvalue weighted by molar-refractivity contribution is 5.67. The fourth-order valence-corrected chi connectivity index (χ4v) is 1.01. The van der Waals surface area contributed by atoms with Gasteiger partial charge < -0.3 is 15.4 Å². The van der Waals surface area contributed by atoms with Crippen molar-refractivity contribution in [1.82, 2.24) is 0 Å². The van der Waals surface area contributed by atoms with Gasteiger partial charge in [-0.15, -0.1) is 0 Å². The van der Waals surface area contributed by atoms with Crippen molar-refractivity contribution in [2.75, 3.05) is 31.5 Å². The molecule has 0 saturated carbocycles. The lowest BCUT2D eigenvalue weighted by molar-refractivity contribution is 0.221. The quantitative estimate of drug-likeness (QED) is 0.668. The lowest BCUT2D eigenvalue weighted by Gasteiger charge is -2.09. The maximum Gasteiger partial charge on any atom is 0.116 e. The number of benzene rings is 1. The summed E-state index contributed by atoms with van der Waals surface area (Å²) in [5.41, 5.74) is 2.14. The van der Waals surface area contributed by atoms with E-state index in [0.29, 0.717) is 6.73 Å². The summed E-state index contributed by atoms with van der Waals surface area (Å²) >= 11 is 0. The van der Waals surface area contributed by atoms with E-state index in [1.807, 2.05) is 31.3 Å². The molecule has 3 heteroatoms. The number of rotatable bonds is 4. The van der Waals surface area contributed by atoms with Crippen LogP contribution in [0.25, 0.3) is 0 Å². The summed E-state index contributed by atoms with van der Waals surface area (Å²) < 4.78 is 4.91. The molecule has 66 valence electrons. The van der Waals surface area contributed by atoms with Gasteiger partial charge in [-0.2, -0.15) is 0 Å². The minimum atomic E-state index is 0.526. The van der Waals surface area contributed by atoms with Gasteiger partial charge >= 0.3 is 0 Å². The van der Waals surface area contributed by atoms with Gasteiger partial charge in [0.05, 0.1) is 11.4 Å². The number of para-hydroxylation sites is 2. The molecule has 12 heavy (non-hydrogen) atoms. The van der Waals surface area contributed by atoms with Crippen LogP contribution in [0.5, 0.6) is 0 Å². The van der Waals surface area contributed by atoms with E-state index in [1.54, 1.807) is 7.11 Å². The zero-order valence-corrected chi connectivity index (χ0v) is 7.42. The molecule has 0 atom stereocenters. The molecule has 0 fully saturated rings. The normalized spacial score (nSPS) is 9.50. The number of anilines is 2. The van der Waals surface area contributed by atoms with Gasteiger partial charge in [0.25, 0.3) is 0 Å². The van der Waals surface area contributed by atoms with Gasteiger partial charge in [0, 0.05) is 14.2 Å². The molecule has 0 amide bonds. The van der Waals surface area contributed by atoms with E-state index >= 15 is 0 Å². The highest BCUT2D eigenvalue weighted by Gasteiger charge is 1.95. The predicted octanol–water partition coefficient (Wildman–Crippen LogP) is 1.74. The van der Waals surface area contributed by atoms with Crippen molar-refractivity contribution in [1.29, 1.82) is 0 Å². The Bertz CT molecular complexity index is 238. The summed E-state index contributed by atoms with van der Waals surface area (Å²) in [5.74, 6) is 0. The highest BCUT2D eigenvalue weighted by atomic mass is 16.5. The summed E-state index contributed by atoms with van der Waals surface area (Å²) in [6.45, 7) is 0.526. The summed E-state index contributed by atoms with van der Waals surface area (Å²) in [4.78, 5) is 0. The Morgan fingerprint density at radius 1 is 1.25 bits per heavy atom. The summed E-state index contributed by atoms with van der Waals surface area (Å²) in [6.07, 6.45) is 0. The second kappa shape index (κ2) is 4.62. The number of hydrogen-bond donors (Lipinski definition) is 2. The third kappa shape index (κ3) is 2.13.